The minimum Gasteiger partial charge on any atom is -0.496 e. The normalized spacial score (nSPS) is 19.2. The third kappa shape index (κ3) is 2.54. The average Bonchev–Trinajstić information content (AvgIpc) is 3.12. The first-order valence-corrected chi connectivity index (χ1v) is 9.60. The van der Waals surface area contributed by atoms with Gasteiger partial charge in [-0.1, -0.05) is 30.3 Å². The summed E-state index contributed by atoms with van der Waals surface area (Å²) in [5.74, 6) is 2.60. The molecule has 0 radical (unpaired) electrons. The van der Waals surface area contributed by atoms with Crippen LogP contribution >= 0.6 is 0 Å². The Kier molecular flexibility index (Phi) is 3.98. The van der Waals surface area contributed by atoms with E-state index in [1.807, 2.05) is 24.3 Å². The predicted molar refractivity (Wildman–Crippen MR) is 111 cm³/mol. The van der Waals surface area contributed by atoms with E-state index in [2.05, 4.69) is 57.8 Å². The van der Waals surface area contributed by atoms with Crippen LogP contribution < -0.4 is 15.0 Å². The van der Waals surface area contributed by atoms with Crippen LogP contribution in [0.3, 0.4) is 0 Å². The Morgan fingerprint density at radius 1 is 1.11 bits per heavy atom. The summed E-state index contributed by atoms with van der Waals surface area (Å²) in [6.45, 7) is 5.82. The van der Waals surface area contributed by atoms with Gasteiger partial charge in [0.25, 0.3) is 0 Å². The number of hydrogen-bond acceptors (Lipinski definition) is 6. The van der Waals surface area contributed by atoms with E-state index in [-0.39, 0.29) is 6.17 Å². The molecule has 0 spiro atoms. The van der Waals surface area contributed by atoms with E-state index in [0.29, 0.717) is 12.7 Å². The second kappa shape index (κ2) is 6.53. The molecule has 28 heavy (non-hydrogen) atoms. The number of nitrogens with zero attached hydrogens (tertiary/aromatic N) is 5. The lowest BCUT2D eigenvalue weighted by Crippen LogP contribution is -2.58. The molecule has 2 aliphatic rings. The third-order valence-corrected chi connectivity index (χ3v) is 5.49. The quantitative estimate of drug-likeness (QED) is 0.762. The first-order valence-electron chi connectivity index (χ1n) is 9.60. The van der Waals surface area contributed by atoms with E-state index >= 15 is 0 Å². The van der Waals surface area contributed by atoms with Crippen molar-refractivity contribution in [1.82, 2.24) is 19.8 Å². The summed E-state index contributed by atoms with van der Waals surface area (Å²) in [4.78, 5) is 14.3. The number of imidazole rings is 1. The molecule has 7 nitrogen and oxygen atoms in total. The largest absolute Gasteiger partial charge is 0.496 e. The van der Waals surface area contributed by atoms with Gasteiger partial charge in [0.15, 0.2) is 0 Å². The van der Waals surface area contributed by atoms with Gasteiger partial charge in [-0.25, -0.2) is 9.98 Å². The van der Waals surface area contributed by atoms with Crippen LogP contribution in [-0.4, -0.2) is 46.9 Å². The highest BCUT2D eigenvalue weighted by Gasteiger charge is 2.37. The van der Waals surface area contributed by atoms with E-state index in [4.69, 9.17) is 14.7 Å². The molecule has 5 rings (SSSR count). The molecule has 0 saturated heterocycles. The maximum atomic E-state index is 5.65. The van der Waals surface area contributed by atoms with Crippen molar-refractivity contribution in [3.05, 3.63) is 54.1 Å². The number of aromatic nitrogens is 2. The molecule has 144 valence electrons. The summed E-state index contributed by atoms with van der Waals surface area (Å²) in [6, 6.07) is 16.8. The highest BCUT2D eigenvalue weighted by atomic mass is 16.5. The Hall–Kier alpha value is -3.06. The first-order chi connectivity index (χ1) is 13.7. The van der Waals surface area contributed by atoms with Gasteiger partial charge < -0.3 is 10.1 Å². The van der Waals surface area contributed by atoms with Crippen LogP contribution in [0.5, 0.6) is 5.75 Å². The van der Waals surface area contributed by atoms with Gasteiger partial charge in [-0.05, 0) is 32.0 Å². The standard InChI is InChI=1S/C21H24N6O/c1-14(2)25-12-22-20-24-19(15-8-4-7-11-18(15)28-3)27-17-10-6-5-9-16(17)23-21(27)26(20)13-25/h4-11,14,19H,12-13H2,1-3H3,(H,22,24). The van der Waals surface area contributed by atoms with Gasteiger partial charge in [0.05, 0.1) is 31.5 Å². The number of rotatable bonds is 3. The second-order valence-corrected chi connectivity index (χ2v) is 7.43. The van der Waals surface area contributed by atoms with Crippen molar-refractivity contribution >= 4 is 22.9 Å². The number of guanidine groups is 1. The van der Waals surface area contributed by atoms with Crippen LogP contribution in [0.15, 0.2) is 53.5 Å². The number of nitrogens with one attached hydrogen (secondary N) is 1. The Labute approximate surface area is 164 Å². The number of methoxy groups -OCH3 is 1. The molecule has 2 aromatic carbocycles. The van der Waals surface area contributed by atoms with Crippen LogP contribution in [0.4, 0.5) is 5.95 Å². The monoisotopic (exact) mass is 376 g/mol. The fraction of sp³-hybridized carbons (Fsp3) is 0.333. The van der Waals surface area contributed by atoms with Gasteiger partial charge in [-0.2, -0.15) is 0 Å². The molecule has 0 fully saturated rings. The Morgan fingerprint density at radius 3 is 2.71 bits per heavy atom. The summed E-state index contributed by atoms with van der Waals surface area (Å²) < 4.78 is 7.90. The molecule has 2 aliphatic heterocycles. The molecule has 0 saturated carbocycles. The molecular formula is C21H24N6O. The van der Waals surface area contributed by atoms with Crippen molar-refractivity contribution in [2.45, 2.75) is 26.1 Å². The molecular weight excluding hydrogens is 352 g/mol. The summed E-state index contributed by atoms with van der Waals surface area (Å²) in [5.41, 5.74) is 3.12. The van der Waals surface area contributed by atoms with Crippen LogP contribution in [0.25, 0.3) is 11.0 Å². The van der Waals surface area contributed by atoms with Gasteiger partial charge in [-0.15, -0.1) is 0 Å². The number of benzene rings is 2. The van der Waals surface area contributed by atoms with E-state index in [1.54, 1.807) is 7.11 Å². The van der Waals surface area contributed by atoms with Gasteiger partial charge in [0.1, 0.15) is 11.9 Å². The van der Waals surface area contributed by atoms with Gasteiger partial charge in [0, 0.05) is 11.6 Å². The molecule has 0 aliphatic carbocycles. The van der Waals surface area contributed by atoms with Crippen molar-refractivity contribution in [3.8, 4) is 5.75 Å². The van der Waals surface area contributed by atoms with Gasteiger partial charge >= 0.3 is 0 Å². The van der Waals surface area contributed by atoms with Gasteiger partial charge in [-0.3, -0.25) is 14.4 Å². The van der Waals surface area contributed by atoms with Crippen molar-refractivity contribution < 1.29 is 4.74 Å². The SMILES string of the molecule is COc1ccccc1C1NC2=NCN(C(C)C)CN2c2nc3ccccc3n21. The summed E-state index contributed by atoms with van der Waals surface area (Å²) in [7, 11) is 1.71. The van der Waals surface area contributed by atoms with Crippen molar-refractivity contribution in [2.24, 2.45) is 4.99 Å². The van der Waals surface area contributed by atoms with Crippen LogP contribution in [-0.2, 0) is 0 Å². The van der Waals surface area contributed by atoms with E-state index in [0.717, 1.165) is 40.9 Å². The summed E-state index contributed by atoms with van der Waals surface area (Å²) in [6.07, 6.45) is -0.140. The van der Waals surface area contributed by atoms with Crippen molar-refractivity contribution in [3.63, 3.8) is 0 Å². The molecule has 7 heteroatoms. The van der Waals surface area contributed by atoms with E-state index < -0.39 is 0 Å². The smallest absolute Gasteiger partial charge is 0.216 e. The fourth-order valence-corrected chi connectivity index (χ4v) is 3.92. The van der Waals surface area contributed by atoms with Crippen LogP contribution in [0, 0.1) is 0 Å². The van der Waals surface area contributed by atoms with E-state index in [1.165, 1.54) is 0 Å². The zero-order chi connectivity index (χ0) is 19.3. The Bertz CT molecular complexity index is 1060. The molecule has 1 atom stereocenters. The lowest BCUT2D eigenvalue weighted by molar-refractivity contribution is 0.221. The molecule has 0 bridgehead atoms. The number of anilines is 1. The van der Waals surface area contributed by atoms with Crippen LogP contribution in [0.1, 0.15) is 25.6 Å². The number of ether oxygens (including phenoxy) is 1. The van der Waals surface area contributed by atoms with Crippen molar-refractivity contribution in [1.29, 1.82) is 0 Å². The Morgan fingerprint density at radius 2 is 1.89 bits per heavy atom. The fourth-order valence-electron chi connectivity index (χ4n) is 3.92. The maximum Gasteiger partial charge on any atom is 0.216 e. The molecule has 1 aromatic heterocycles. The second-order valence-electron chi connectivity index (χ2n) is 7.43. The number of hydrogen-bond donors (Lipinski definition) is 1. The summed E-state index contributed by atoms with van der Waals surface area (Å²) in [5, 5.41) is 3.63. The zero-order valence-electron chi connectivity index (χ0n) is 16.3. The summed E-state index contributed by atoms with van der Waals surface area (Å²) >= 11 is 0. The number of para-hydroxylation sites is 3. The zero-order valence-corrected chi connectivity index (χ0v) is 16.3. The highest BCUT2D eigenvalue weighted by molar-refractivity contribution is 5.99. The molecule has 0 amide bonds. The topological polar surface area (TPSA) is 57.9 Å². The highest BCUT2D eigenvalue weighted by Crippen LogP contribution is 2.36. The number of aliphatic imine (C=N–C) groups is 1. The molecule has 1 N–H and O–H groups in total. The minimum absolute atomic E-state index is 0.140. The average molecular weight is 376 g/mol. The maximum absolute atomic E-state index is 5.65. The van der Waals surface area contributed by atoms with Crippen molar-refractivity contribution in [2.75, 3.05) is 25.3 Å². The molecule has 3 aromatic rings. The van der Waals surface area contributed by atoms with Gasteiger partial charge in [0.2, 0.25) is 11.9 Å². The Balaban J connectivity index is 1.71. The lowest BCUT2D eigenvalue weighted by atomic mass is 10.1. The first kappa shape index (κ1) is 17.1. The number of fused-ring (bicyclic) bond motifs is 5. The van der Waals surface area contributed by atoms with Crippen LogP contribution in [0.2, 0.25) is 0 Å². The molecule has 3 heterocycles. The minimum atomic E-state index is -0.140. The molecule has 1 unspecified atom stereocenters. The van der Waals surface area contributed by atoms with E-state index in [9.17, 15) is 0 Å². The predicted octanol–water partition coefficient (Wildman–Crippen LogP) is 3.00. The third-order valence-electron chi connectivity index (χ3n) is 5.49. The lowest BCUT2D eigenvalue weighted by Gasteiger charge is -2.42.